The third kappa shape index (κ3) is 4.82. The van der Waals surface area contributed by atoms with E-state index in [1.54, 1.807) is 4.90 Å². The predicted molar refractivity (Wildman–Crippen MR) is 105 cm³/mol. The highest BCUT2D eigenvalue weighted by molar-refractivity contribution is 5.77. The van der Waals surface area contributed by atoms with Gasteiger partial charge in [-0.25, -0.2) is 4.79 Å². The molecule has 2 aliphatic rings. The number of allylic oxidation sites excluding steroid dienone is 4. The third-order valence-electron chi connectivity index (χ3n) is 5.40. The summed E-state index contributed by atoms with van der Waals surface area (Å²) in [6, 6.07) is 5.02. The van der Waals surface area contributed by atoms with Gasteiger partial charge in [0.2, 0.25) is 0 Å². The first kappa shape index (κ1) is 20.6. The number of piperidine rings is 1. The number of hydrogen-bond acceptors (Lipinski definition) is 6. The Kier molecular flexibility index (Phi) is 6.64. The molecule has 1 aliphatic carbocycles. The summed E-state index contributed by atoms with van der Waals surface area (Å²) in [5, 5.41) is 10.8. The molecule has 1 aromatic rings. The van der Waals surface area contributed by atoms with E-state index in [1.165, 1.54) is 31.4 Å². The zero-order valence-corrected chi connectivity index (χ0v) is 16.2. The lowest BCUT2D eigenvalue weighted by molar-refractivity contribution is -0.384. The molecule has 0 aromatic heterocycles. The van der Waals surface area contributed by atoms with Gasteiger partial charge in [-0.3, -0.25) is 14.9 Å². The van der Waals surface area contributed by atoms with Gasteiger partial charge in [0, 0.05) is 24.7 Å². The maximum Gasteiger partial charge on any atom is 0.415 e. The lowest BCUT2D eigenvalue weighted by Gasteiger charge is -2.40. The number of nitro groups is 1. The molecule has 1 saturated heterocycles. The van der Waals surface area contributed by atoms with E-state index in [4.69, 9.17) is 9.47 Å². The highest BCUT2D eigenvalue weighted by atomic mass is 16.6. The number of rotatable bonds is 5. The van der Waals surface area contributed by atoms with Crippen molar-refractivity contribution in [2.24, 2.45) is 11.8 Å². The minimum Gasteiger partial charge on any atom is -0.469 e. The minimum absolute atomic E-state index is 0.0507. The van der Waals surface area contributed by atoms with Crippen molar-refractivity contribution in [3.63, 3.8) is 0 Å². The van der Waals surface area contributed by atoms with Crippen LogP contribution in [-0.4, -0.2) is 41.6 Å². The van der Waals surface area contributed by atoms with Crippen LogP contribution in [0.3, 0.4) is 0 Å². The summed E-state index contributed by atoms with van der Waals surface area (Å²) in [5.74, 6) is -0.647. The first-order valence-corrected chi connectivity index (χ1v) is 9.65. The van der Waals surface area contributed by atoms with Crippen LogP contribution in [0.25, 0.3) is 0 Å². The smallest absolute Gasteiger partial charge is 0.415 e. The van der Waals surface area contributed by atoms with Gasteiger partial charge in [0.1, 0.15) is 5.75 Å². The summed E-state index contributed by atoms with van der Waals surface area (Å²) in [6.45, 7) is 0.482. The largest absolute Gasteiger partial charge is 0.469 e. The predicted octanol–water partition coefficient (Wildman–Crippen LogP) is 3.87. The molecule has 29 heavy (non-hydrogen) atoms. The van der Waals surface area contributed by atoms with Crippen LogP contribution in [-0.2, 0) is 9.53 Å². The maximum absolute atomic E-state index is 12.9. The van der Waals surface area contributed by atoms with Gasteiger partial charge in [0.15, 0.2) is 0 Å². The number of likely N-dealkylation sites (tertiary alicyclic amines) is 1. The molecule has 1 aromatic carbocycles. The molecule has 3 unspecified atom stereocenters. The van der Waals surface area contributed by atoms with E-state index >= 15 is 0 Å². The molecule has 1 aliphatic heterocycles. The Balaban J connectivity index is 1.78. The normalized spacial score (nSPS) is 22.0. The average Bonchev–Trinajstić information content (AvgIpc) is 2.75. The number of carbonyl (C=O) groups is 2. The number of nitro benzene ring substituents is 1. The fourth-order valence-electron chi connectivity index (χ4n) is 3.97. The van der Waals surface area contributed by atoms with Crippen molar-refractivity contribution >= 4 is 17.7 Å². The number of esters is 1. The number of methoxy groups -OCH3 is 1. The number of ether oxygens (including phenoxy) is 2. The van der Waals surface area contributed by atoms with Crippen LogP contribution < -0.4 is 4.74 Å². The van der Waals surface area contributed by atoms with E-state index in [-0.39, 0.29) is 29.4 Å². The van der Waals surface area contributed by atoms with Gasteiger partial charge in [0.05, 0.1) is 18.0 Å². The molecule has 0 saturated carbocycles. The summed E-state index contributed by atoms with van der Waals surface area (Å²) >= 11 is 0. The summed E-state index contributed by atoms with van der Waals surface area (Å²) in [4.78, 5) is 37.4. The SMILES string of the molecule is COC(=O)C(C1C=CC=CC1)C1CCCCN1C(=O)Oc1ccc([N+](=O)[O-])cc1. The maximum atomic E-state index is 12.9. The van der Waals surface area contributed by atoms with Crippen LogP contribution in [0.4, 0.5) is 10.5 Å². The van der Waals surface area contributed by atoms with Crippen molar-refractivity contribution in [1.29, 1.82) is 0 Å². The van der Waals surface area contributed by atoms with Gasteiger partial charge in [-0.15, -0.1) is 0 Å². The molecule has 3 rings (SSSR count). The van der Waals surface area contributed by atoms with Gasteiger partial charge >= 0.3 is 12.1 Å². The molecule has 1 heterocycles. The Labute approximate surface area is 168 Å². The second kappa shape index (κ2) is 9.36. The summed E-state index contributed by atoms with van der Waals surface area (Å²) in [6.07, 6.45) is 10.4. The second-order valence-electron chi connectivity index (χ2n) is 7.14. The Morgan fingerprint density at radius 3 is 2.59 bits per heavy atom. The lowest BCUT2D eigenvalue weighted by atomic mass is 9.78. The molecule has 1 amide bonds. The molecule has 0 radical (unpaired) electrons. The Morgan fingerprint density at radius 1 is 1.21 bits per heavy atom. The van der Waals surface area contributed by atoms with Crippen LogP contribution in [0.2, 0.25) is 0 Å². The van der Waals surface area contributed by atoms with Gasteiger partial charge < -0.3 is 14.4 Å². The number of amides is 1. The van der Waals surface area contributed by atoms with E-state index in [2.05, 4.69) is 0 Å². The average molecular weight is 400 g/mol. The molecule has 3 atom stereocenters. The van der Waals surface area contributed by atoms with Gasteiger partial charge in [-0.1, -0.05) is 24.3 Å². The molecule has 0 bridgehead atoms. The van der Waals surface area contributed by atoms with Crippen LogP contribution in [0, 0.1) is 22.0 Å². The van der Waals surface area contributed by atoms with Gasteiger partial charge in [-0.2, -0.15) is 0 Å². The van der Waals surface area contributed by atoms with Gasteiger partial charge in [-0.05, 0) is 43.7 Å². The number of nitrogens with zero attached hydrogens (tertiary/aromatic N) is 2. The zero-order chi connectivity index (χ0) is 20.8. The number of carbonyl (C=O) groups excluding carboxylic acids is 2. The van der Waals surface area contributed by atoms with Crippen LogP contribution in [0.1, 0.15) is 25.7 Å². The standard InChI is InChI=1S/C21H24N2O6/c1-28-20(24)19(15-7-3-2-4-8-15)18-9-5-6-14-22(18)21(25)29-17-12-10-16(11-13-17)23(26)27/h2-4,7,10-13,15,18-19H,5-6,8-9,14H2,1H3. The van der Waals surface area contributed by atoms with Crippen molar-refractivity contribution in [2.75, 3.05) is 13.7 Å². The van der Waals surface area contributed by atoms with E-state index in [9.17, 15) is 19.7 Å². The molecular weight excluding hydrogens is 376 g/mol. The fraction of sp³-hybridized carbons (Fsp3) is 0.429. The van der Waals surface area contributed by atoms with Crippen LogP contribution >= 0.6 is 0 Å². The van der Waals surface area contributed by atoms with E-state index in [0.29, 0.717) is 19.4 Å². The number of hydrogen-bond donors (Lipinski definition) is 0. The highest BCUT2D eigenvalue weighted by Crippen LogP contribution is 2.33. The van der Waals surface area contributed by atoms with Crippen molar-refractivity contribution in [2.45, 2.75) is 31.7 Å². The molecule has 0 spiro atoms. The molecule has 8 nitrogen and oxygen atoms in total. The summed E-state index contributed by atoms with van der Waals surface area (Å²) < 4.78 is 10.5. The fourth-order valence-corrected chi connectivity index (χ4v) is 3.97. The molecule has 0 N–H and O–H groups in total. The summed E-state index contributed by atoms with van der Waals surface area (Å²) in [7, 11) is 1.36. The monoisotopic (exact) mass is 400 g/mol. The van der Waals surface area contributed by atoms with Crippen molar-refractivity contribution in [3.05, 3.63) is 58.7 Å². The first-order valence-electron chi connectivity index (χ1n) is 9.65. The van der Waals surface area contributed by atoms with E-state index < -0.39 is 16.9 Å². The Bertz CT molecular complexity index is 817. The van der Waals surface area contributed by atoms with Crippen molar-refractivity contribution < 1.29 is 24.0 Å². The highest BCUT2D eigenvalue weighted by Gasteiger charge is 2.41. The van der Waals surface area contributed by atoms with Crippen LogP contribution in [0.5, 0.6) is 5.75 Å². The second-order valence-corrected chi connectivity index (χ2v) is 7.14. The van der Waals surface area contributed by atoms with E-state index in [0.717, 1.165) is 12.8 Å². The molecule has 154 valence electrons. The van der Waals surface area contributed by atoms with Crippen LogP contribution in [0.15, 0.2) is 48.6 Å². The Morgan fingerprint density at radius 2 is 1.97 bits per heavy atom. The topological polar surface area (TPSA) is 99.0 Å². The van der Waals surface area contributed by atoms with Gasteiger partial charge in [0.25, 0.3) is 5.69 Å². The summed E-state index contributed by atoms with van der Waals surface area (Å²) in [5.41, 5.74) is -0.0801. The molecular formula is C21H24N2O6. The zero-order valence-electron chi connectivity index (χ0n) is 16.2. The quantitative estimate of drug-likeness (QED) is 0.423. The lowest BCUT2D eigenvalue weighted by Crippen LogP contribution is -2.52. The van der Waals surface area contributed by atoms with Crippen molar-refractivity contribution in [3.8, 4) is 5.75 Å². The number of benzene rings is 1. The van der Waals surface area contributed by atoms with Crippen molar-refractivity contribution in [1.82, 2.24) is 4.90 Å². The minimum atomic E-state index is -0.562. The first-order chi connectivity index (χ1) is 14.0. The molecule has 1 fully saturated rings. The Hall–Kier alpha value is -3.16. The number of non-ortho nitro benzene ring substituents is 1. The molecule has 8 heteroatoms. The third-order valence-corrected chi connectivity index (χ3v) is 5.40. The van der Waals surface area contributed by atoms with E-state index in [1.807, 2.05) is 24.3 Å².